The van der Waals surface area contributed by atoms with E-state index < -0.39 is 6.17 Å². The Kier molecular flexibility index (Phi) is 3.30. The second-order valence-electron chi connectivity index (χ2n) is 4.02. The first-order valence-electron chi connectivity index (χ1n) is 4.96. The van der Waals surface area contributed by atoms with Gasteiger partial charge in [0.2, 0.25) is 0 Å². The number of allylic oxidation sites excluding steroid dienone is 1. The van der Waals surface area contributed by atoms with Crippen molar-refractivity contribution in [1.29, 1.82) is 0 Å². The van der Waals surface area contributed by atoms with Crippen molar-refractivity contribution in [3.05, 3.63) is 12.2 Å². The minimum Gasteiger partial charge on any atom is -0.247 e. The summed E-state index contributed by atoms with van der Waals surface area (Å²) in [5.41, 5.74) is 1.24. The van der Waals surface area contributed by atoms with Gasteiger partial charge in [0.15, 0.2) is 0 Å². The molecule has 0 amide bonds. The van der Waals surface area contributed by atoms with E-state index in [1.54, 1.807) is 0 Å². The quantitative estimate of drug-likeness (QED) is 0.554. The highest BCUT2D eigenvalue weighted by Gasteiger charge is 2.28. The molecule has 0 N–H and O–H groups in total. The first-order valence-corrected chi connectivity index (χ1v) is 4.96. The van der Waals surface area contributed by atoms with E-state index >= 15 is 0 Å². The van der Waals surface area contributed by atoms with E-state index in [4.69, 9.17) is 0 Å². The summed E-state index contributed by atoms with van der Waals surface area (Å²) in [5, 5.41) is 0. The molecule has 3 unspecified atom stereocenters. The molecule has 1 aliphatic rings. The summed E-state index contributed by atoms with van der Waals surface area (Å²) in [6, 6.07) is 0. The van der Waals surface area contributed by atoms with Gasteiger partial charge in [0.05, 0.1) is 0 Å². The van der Waals surface area contributed by atoms with Gasteiger partial charge >= 0.3 is 0 Å². The van der Waals surface area contributed by atoms with Crippen LogP contribution in [-0.4, -0.2) is 6.17 Å². The molecule has 1 saturated carbocycles. The predicted octanol–water partition coefficient (Wildman–Crippen LogP) is 3.73. The van der Waals surface area contributed by atoms with Crippen LogP contribution in [0.5, 0.6) is 0 Å². The monoisotopic (exact) mass is 170 g/mol. The largest absolute Gasteiger partial charge is 0.247 e. The smallest absolute Gasteiger partial charge is 0.103 e. The maximum atomic E-state index is 13.3. The molecule has 0 aromatic rings. The number of alkyl halides is 1. The first-order chi connectivity index (χ1) is 5.65. The van der Waals surface area contributed by atoms with Gasteiger partial charge in [0.25, 0.3) is 0 Å². The lowest BCUT2D eigenvalue weighted by Crippen LogP contribution is -2.24. The molecule has 12 heavy (non-hydrogen) atoms. The highest BCUT2D eigenvalue weighted by Crippen LogP contribution is 2.35. The molecular weight excluding hydrogens is 151 g/mol. The second-order valence-corrected chi connectivity index (χ2v) is 4.02. The van der Waals surface area contributed by atoms with Crippen LogP contribution in [0.15, 0.2) is 12.2 Å². The van der Waals surface area contributed by atoms with E-state index in [1.165, 1.54) is 5.57 Å². The zero-order valence-corrected chi connectivity index (χ0v) is 8.15. The lowest BCUT2D eigenvalue weighted by molar-refractivity contribution is 0.150. The molecule has 0 aliphatic heterocycles. The first kappa shape index (κ1) is 9.76. The van der Waals surface area contributed by atoms with Crippen molar-refractivity contribution in [3.8, 4) is 0 Å². The van der Waals surface area contributed by atoms with Crippen LogP contribution in [-0.2, 0) is 0 Å². The van der Waals surface area contributed by atoms with E-state index in [0.29, 0.717) is 12.3 Å². The summed E-state index contributed by atoms with van der Waals surface area (Å²) in [6.45, 7) is 8.10. The minimum atomic E-state index is -0.591. The van der Waals surface area contributed by atoms with Crippen molar-refractivity contribution in [3.63, 3.8) is 0 Å². The van der Waals surface area contributed by atoms with Crippen LogP contribution in [0, 0.1) is 11.8 Å². The highest BCUT2D eigenvalue weighted by atomic mass is 19.1. The van der Waals surface area contributed by atoms with Gasteiger partial charge in [-0.15, -0.1) is 0 Å². The van der Waals surface area contributed by atoms with Crippen molar-refractivity contribution in [2.75, 3.05) is 0 Å². The molecule has 0 nitrogen and oxygen atoms in total. The maximum absolute atomic E-state index is 13.3. The minimum absolute atomic E-state index is 0.269. The second kappa shape index (κ2) is 4.06. The molecule has 0 radical (unpaired) electrons. The Morgan fingerprint density at radius 3 is 2.67 bits per heavy atom. The topological polar surface area (TPSA) is 0 Å². The Morgan fingerprint density at radius 2 is 2.17 bits per heavy atom. The number of halogens is 1. The Balaban J connectivity index is 2.45. The van der Waals surface area contributed by atoms with E-state index in [1.807, 2.05) is 6.92 Å². The highest BCUT2D eigenvalue weighted by molar-refractivity contribution is 5.02. The Labute approximate surface area is 74.9 Å². The molecule has 0 saturated heterocycles. The van der Waals surface area contributed by atoms with Crippen LogP contribution >= 0.6 is 0 Å². The maximum Gasteiger partial charge on any atom is 0.103 e. The van der Waals surface area contributed by atoms with Gasteiger partial charge in [0.1, 0.15) is 6.17 Å². The van der Waals surface area contributed by atoms with Crippen molar-refractivity contribution >= 4 is 0 Å². The van der Waals surface area contributed by atoms with Crippen molar-refractivity contribution in [2.24, 2.45) is 11.8 Å². The van der Waals surface area contributed by atoms with E-state index in [9.17, 15) is 4.39 Å². The van der Waals surface area contributed by atoms with Gasteiger partial charge in [-0.2, -0.15) is 0 Å². The lowest BCUT2D eigenvalue weighted by atomic mass is 9.78. The molecule has 70 valence electrons. The van der Waals surface area contributed by atoms with E-state index in [-0.39, 0.29) is 5.92 Å². The Hall–Kier alpha value is -0.330. The van der Waals surface area contributed by atoms with Crippen molar-refractivity contribution < 1.29 is 4.39 Å². The fraction of sp³-hybridized carbons (Fsp3) is 0.818. The number of rotatable bonds is 2. The summed E-state index contributed by atoms with van der Waals surface area (Å²) in [5.74, 6) is 0.729. The SMILES string of the molecule is C=C(CC)C1CCC(C)C(F)C1. The molecule has 0 heterocycles. The van der Waals surface area contributed by atoms with E-state index in [2.05, 4.69) is 13.5 Å². The Morgan fingerprint density at radius 1 is 1.50 bits per heavy atom. The summed E-state index contributed by atoms with van der Waals surface area (Å²) in [4.78, 5) is 0. The summed E-state index contributed by atoms with van der Waals surface area (Å²) in [7, 11) is 0. The number of hydrogen-bond acceptors (Lipinski definition) is 0. The van der Waals surface area contributed by atoms with Gasteiger partial charge in [-0.25, -0.2) is 4.39 Å². The zero-order chi connectivity index (χ0) is 9.14. The molecule has 1 fully saturated rings. The normalized spacial score (nSPS) is 36.4. The van der Waals surface area contributed by atoms with Crippen LogP contribution in [0.3, 0.4) is 0 Å². The van der Waals surface area contributed by atoms with Crippen LogP contribution in [0.25, 0.3) is 0 Å². The lowest BCUT2D eigenvalue weighted by Gasteiger charge is -2.30. The van der Waals surface area contributed by atoms with Gasteiger partial charge in [0, 0.05) is 0 Å². The molecule has 3 atom stereocenters. The standard InChI is InChI=1S/C11H19F/c1-4-8(2)10-6-5-9(3)11(12)7-10/h9-11H,2,4-7H2,1,3H3. The van der Waals surface area contributed by atoms with E-state index in [0.717, 1.165) is 19.3 Å². The predicted molar refractivity (Wildman–Crippen MR) is 50.8 cm³/mol. The third-order valence-corrected chi connectivity index (χ3v) is 3.13. The molecule has 0 aromatic heterocycles. The van der Waals surface area contributed by atoms with Crippen molar-refractivity contribution in [2.45, 2.75) is 45.7 Å². The molecule has 1 rings (SSSR count). The molecule has 0 aromatic carbocycles. The molecule has 1 aliphatic carbocycles. The van der Waals surface area contributed by atoms with Crippen LogP contribution in [0.2, 0.25) is 0 Å². The average Bonchev–Trinajstić information content (AvgIpc) is 2.08. The van der Waals surface area contributed by atoms with Gasteiger partial charge in [-0.1, -0.05) is 26.0 Å². The Bertz CT molecular complexity index is 162. The molecule has 1 heteroatoms. The molecule has 0 bridgehead atoms. The van der Waals surface area contributed by atoms with Gasteiger partial charge < -0.3 is 0 Å². The molecular formula is C11H19F. The van der Waals surface area contributed by atoms with Crippen molar-refractivity contribution in [1.82, 2.24) is 0 Å². The summed E-state index contributed by atoms with van der Waals surface area (Å²) < 4.78 is 13.3. The van der Waals surface area contributed by atoms with Crippen LogP contribution in [0.4, 0.5) is 4.39 Å². The fourth-order valence-corrected chi connectivity index (χ4v) is 1.93. The average molecular weight is 170 g/mol. The van der Waals surface area contributed by atoms with Gasteiger partial charge in [-0.05, 0) is 37.5 Å². The summed E-state index contributed by atoms with van der Waals surface area (Å²) in [6.07, 6.45) is 3.31. The third-order valence-electron chi connectivity index (χ3n) is 3.13. The molecule has 0 spiro atoms. The number of hydrogen-bond donors (Lipinski definition) is 0. The third kappa shape index (κ3) is 2.09. The summed E-state index contributed by atoms with van der Waals surface area (Å²) >= 11 is 0. The van der Waals surface area contributed by atoms with Gasteiger partial charge in [-0.3, -0.25) is 0 Å². The zero-order valence-electron chi connectivity index (χ0n) is 8.15. The fourth-order valence-electron chi connectivity index (χ4n) is 1.93. The van der Waals surface area contributed by atoms with Crippen LogP contribution < -0.4 is 0 Å². The van der Waals surface area contributed by atoms with Crippen LogP contribution in [0.1, 0.15) is 39.5 Å².